The molecule has 3 N–H and O–H groups in total. The summed E-state index contributed by atoms with van der Waals surface area (Å²) >= 11 is 0. The molecule has 7 nitrogen and oxygen atoms in total. The van der Waals surface area contributed by atoms with Crippen molar-refractivity contribution in [3.05, 3.63) is 11.7 Å². The summed E-state index contributed by atoms with van der Waals surface area (Å²) in [7, 11) is 0. The van der Waals surface area contributed by atoms with Crippen molar-refractivity contribution < 1.29 is 14.4 Å². The Morgan fingerprint density at radius 2 is 2.14 bits per heavy atom. The molecule has 1 aliphatic carbocycles. The first-order valence-electron chi connectivity index (χ1n) is 7.65. The van der Waals surface area contributed by atoms with E-state index in [0.717, 1.165) is 18.7 Å². The molecule has 1 aliphatic rings. The fraction of sp³-hybridized carbons (Fsp3) is 0.786. The number of aliphatic hydroxyl groups is 1. The van der Waals surface area contributed by atoms with Crippen LogP contribution in [0, 0.1) is 0 Å². The minimum absolute atomic E-state index is 0.0787. The normalized spacial score (nSPS) is 18.4. The minimum Gasteiger partial charge on any atom is -0.394 e. The summed E-state index contributed by atoms with van der Waals surface area (Å²) in [4.78, 5) is 16.2. The molecule has 0 aliphatic heterocycles. The highest BCUT2D eigenvalue weighted by atomic mass is 16.5. The monoisotopic (exact) mass is 296 g/mol. The van der Waals surface area contributed by atoms with Crippen LogP contribution in [0.4, 0.5) is 4.79 Å². The van der Waals surface area contributed by atoms with Crippen molar-refractivity contribution in [3.63, 3.8) is 0 Å². The summed E-state index contributed by atoms with van der Waals surface area (Å²) in [6.45, 7) is 3.62. The zero-order valence-electron chi connectivity index (χ0n) is 12.6. The van der Waals surface area contributed by atoms with Gasteiger partial charge in [-0.3, -0.25) is 0 Å². The highest BCUT2D eigenvalue weighted by Crippen LogP contribution is 2.32. The molecule has 2 amide bonds. The first-order valence-corrected chi connectivity index (χ1v) is 7.65. The number of urea groups is 1. The molecule has 1 fully saturated rings. The van der Waals surface area contributed by atoms with Gasteiger partial charge in [0.25, 0.3) is 0 Å². The van der Waals surface area contributed by atoms with E-state index in [1.165, 1.54) is 12.8 Å². The van der Waals surface area contributed by atoms with E-state index in [1.54, 1.807) is 6.92 Å². The summed E-state index contributed by atoms with van der Waals surface area (Å²) in [5.41, 5.74) is 0. The van der Waals surface area contributed by atoms with Crippen molar-refractivity contribution in [2.75, 3.05) is 6.61 Å². The van der Waals surface area contributed by atoms with Crippen molar-refractivity contribution in [3.8, 4) is 0 Å². The molecule has 0 aromatic carbocycles. The van der Waals surface area contributed by atoms with Crippen LogP contribution in [0.1, 0.15) is 69.6 Å². The molecule has 2 rings (SSSR count). The van der Waals surface area contributed by atoms with Crippen molar-refractivity contribution in [1.29, 1.82) is 0 Å². The Kier molecular flexibility index (Phi) is 5.55. The third-order valence-electron chi connectivity index (χ3n) is 3.94. The summed E-state index contributed by atoms with van der Waals surface area (Å²) in [6, 6.07) is -0.943. The van der Waals surface area contributed by atoms with E-state index in [2.05, 4.69) is 20.8 Å². The maximum Gasteiger partial charge on any atom is 0.315 e. The zero-order chi connectivity index (χ0) is 15.2. The number of carbonyl (C=O) groups is 1. The second-order valence-electron chi connectivity index (χ2n) is 5.60. The molecule has 1 saturated carbocycles. The lowest BCUT2D eigenvalue weighted by Gasteiger charge is -2.16. The van der Waals surface area contributed by atoms with Crippen LogP contribution in [-0.2, 0) is 0 Å². The van der Waals surface area contributed by atoms with E-state index < -0.39 is 0 Å². The molecule has 1 heterocycles. The third kappa shape index (κ3) is 4.17. The average molecular weight is 296 g/mol. The van der Waals surface area contributed by atoms with Crippen LogP contribution >= 0.6 is 0 Å². The van der Waals surface area contributed by atoms with Gasteiger partial charge in [0.05, 0.1) is 12.6 Å². The van der Waals surface area contributed by atoms with E-state index in [0.29, 0.717) is 18.2 Å². The minimum atomic E-state index is -0.358. The number of hydrogen-bond donors (Lipinski definition) is 3. The summed E-state index contributed by atoms with van der Waals surface area (Å²) in [5, 5.41) is 18.5. The van der Waals surface area contributed by atoms with Gasteiger partial charge in [-0.15, -0.1) is 0 Å². The van der Waals surface area contributed by atoms with Crippen LogP contribution in [0.15, 0.2) is 4.52 Å². The topological polar surface area (TPSA) is 100 Å². The summed E-state index contributed by atoms with van der Waals surface area (Å²) in [5.74, 6) is 1.56. The van der Waals surface area contributed by atoms with Crippen molar-refractivity contribution >= 4 is 6.03 Å². The lowest BCUT2D eigenvalue weighted by Crippen LogP contribution is -2.44. The fourth-order valence-corrected chi connectivity index (χ4v) is 2.54. The van der Waals surface area contributed by atoms with Crippen LogP contribution in [-0.4, -0.2) is 33.9 Å². The lowest BCUT2D eigenvalue weighted by atomic mass is 10.1. The fourth-order valence-electron chi connectivity index (χ4n) is 2.54. The summed E-state index contributed by atoms with van der Waals surface area (Å²) < 4.78 is 5.24. The predicted molar refractivity (Wildman–Crippen MR) is 76.8 cm³/mol. The highest BCUT2D eigenvalue weighted by molar-refractivity contribution is 5.74. The van der Waals surface area contributed by atoms with Gasteiger partial charge < -0.3 is 20.3 Å². The van der Waals surface area contributed by atoms with E-state index >= 15 is 0 Å². The van der Waals surface area contributed by atoms with Gasteiger partial charge >= 0.3 is 6.03 Å². The second-order valence-corrected chi connectivity index (χ2v) is 5.60. The summed E-state index contributed by atoms with van der Waals surface area (Å²) in [6.07, 6.45) is 5.31. The predicted octanol–water partition coefficient (Wildman–Crippen LogP) is 1.86. The van der Waals surface area contributed by atoms with Crippen LogP contribution in [0.5, 0.6) is 0 Å². The van der Waals surface area contributed by atoms with Crippen molar-refractivity contribution in [2.45, 2.75) is 64.0 Å². The number of rotatable bonds is 6. The van der Waals surface area contributed by atoms with Crippen molar-refractivity contribution in [2.24, 2.45) is 0 Å². The molecule has 0 spiro atoms. The van der Waals surface area contributed by atoms with Gasteiger partial charge in [0, 0.05) is 5.92 Å². The lowest BCUT2D eigenvalue weighted by molar-refractivity contribution is 0.210. The first kappa shape index (κ1) is 15.8. The highest BCUT2D eigenvalue weighted by Gasteiger charge is 2.24. The maximum absolute atomic E-state index is 11.8. The molecule has 0 radical (unpaired) electrons. The van der Waals surface area contributed by atoms with Crippen LogP contribution < -0.4 is 10.6 Å². The van der Waals surface area contributed by atoms with Gasteiger partial charge in [-0.25, -0.2) is 4.79 Å². The smallest absolute Gasteiger partial charge is 0.315 e. The Morgan fingerprint density at radius 3 is 2.76 bits per heavy atom. The Bertz CT molecular complexity index is 453. The second kappa shape index (κ2) is 7.40. The van der Waals surface area contributed by atoms with Crippen LogP contribution in [0.3, 0.4) is 0 Å². The largest absolute Gasteiger partial charge is 0.394 e. The molecule has 2 unspecified atom stereocenters. The maximum atomic E-state index is 11.8. The number of carbonyl (C=O) groups excluding carboxylic acids is 1. The molecule has 2 atom stereocenters. The van der Waals surface area contributed by atoms with Crippen LogP contribution in [0.2, 0.25) is 0 Å². The van der Waals surface area contributed by atoms with Gasteiger partial charge in [0.1, 0.15) is 6.04 Å². The molecule has 1 aromatic rings. The molecular weight excluding hydrogens is 272 g/mol. The quantitative estimate of drug-likeness (QED) is 0.744. The Hall–Kier alpha value is -1.63. The molecule has 0 saturated heterocycles. The zero-order valence-corrected chi connectivity index (χ0v) is 12.6. The Labute approximate surface area is 124 Å². The Morgan fingerprint density at radius 1 is 1.43 bits per heavy atom. The SMILES string of the molecule is CCC(CO)NC(=O)NC(C)c1nc(C2CCCC2)no1. The van der Waals surface area contributed by atoms with Gasteiger partial charge in [0.2, 0.25) is 5.89 Å². The van der Waals surface area contributed by atoms with Gasteiger partial charge in [-0.05, 0) is 26.2 Å². The van der Waals surface area contributed by atoms with Crippen LogP contribution in [0.25, 0.3) is 0 Å². The van der Waals surface area contributed by atoms with E-state index in [4.69, 9.17) is 9.63 Å². The average Bonchev–Trinajstić information content (AvgIpc) is 3.14. The van der Waals surface area contributed by atoms with Gasteiger partial charge in [0.15, 0.2) is 5.82 Å². The number of nitrogens with one attached hydrogen (secondary N) is 2. The van der Waals surface area contributed by atoms with Crippen molar-refractivity contribution in [1.82, 2.24) is 20.8 Å². The molecule has 1 aromatic heterocycles. The number of hydrogen-bond acceptors (Lipinski definition) is 5. The number of amides is 2. The van der Waals surface area contributed by atoms with Gasteiger partial charge in [-0.1, -0.05) is 24.9 Å². The number of aliphatic hydroxyl groups excluding tert-OH is 1. The first-order chi connectivity index (χ1) is 10.1. The van der Waals surface area contributed by atoms with E-state index in [9.17, 15) is 4.79 Å². The molecule has 7 heteroatoms. The molecule has 21 heavy (non-hydrogen) atoms. The van der Waals surface area contributed by atoms with E-state index in [1.807, 2.05) is 6.92 Å². The third-order valence-corrected chi connectivity index (χ3v) is 3.94. The molecule has 118 valence electrons. The van der Waals surface area contributed by atoms with Gasteiger partial charge in [-0.2, -0.15) is 4.98 Å². The molecule has 0 bridgehead atoms. The van der Waals surface area contributed by atoms with E-state index in [-0.39, 0.29) is 24.7 Å². The Balaban J connectivity index is 1.87. The number of nitrogens with zero attached hydrogens (tertiary/aromatic N) is 2. The molecular formula is C14H24N4O3. The standard InChI is InChI=1S/C14H24N4O3/c1-3-11(8-19)16-14(20)15-9(2)13-17-12(18-21-13)10-6-4-5-7-10/h9-11,19H,3-8H2,1-2H3,(H2,15,16,20). The number of aromatic nitrogens is 2.